The number of methoxy groups -OCH3 is 2. The van der Waals surface area contributed by atoms with E-state index in [4.69, 9.17) is 26.1 Å². The molecule has 0 amide bonds. The van der Waals surface area contributed by atoms with Crippen molar-refractivity contribution in [1.29, 1.82) is 0 Å². The Morgan fingerprint density at radius 2 is 1.90 bits per heavy atom. The molecule has 2 heterocycles. The lowest BCUT2D eigenvalue weighted by molar-refractivity contribution is -0.384. The van der Waals surface area contributed by atoms with Crippen molar-refractivity contribution in [3.63, 3.8) is 0 Å². The van der Waals surface area contributed by atoms with Crippen molar-refractivity contribution in [2.75, 3.05) is 14.2 Å². The Morgan fingerprint density at radius 1 is 1.08 bits per heavy atom. The molecule has 0 aliphatic carbocycles. The number of ether oxygens (including phenoxy) is 2. The Kier molecular flexibility index (Phi) is 7.29. The second-order valence-electron chi connectivity index (χ2n) is 8.94. The zero-order valence-corrected chi connectivity index (χ0v) is 21.9. The number of halogens is 1. The van der Waals surface area contributed by atoms with E-state index in [2.05, 4.69) is 4.98 Å². The summed E-state index contributed by atoms with van der Waals surface area (Å²) in [7, 11) is 2.86. The van der Waals surface area contributed by atoms with Crippen molar-refractivity contribution >= 4 is 51.1 Å². The number of aromatic nitrogens is 2. The molecule has 1 atom stereocenters. The molecule has 0 saturated heterocycles. The fourth-order valence-electron chi connectivity index (χ4n) is 4.72. The minimum absolute atomic E-state index is 0.00432. The van der Waals surface area contributed by atoms with E-state index in [9.17, 15) is 14.9 Å². The minimum Gasteiger partial charge on any atom is -0.496 e. The number of esters is 1. The van der Waals surface area contributed by atoms with Gasteiger partial charge in [-0.15, -0.1) is 0 Å². The van der Waals surface area contributed by atoms with Gasteiger partial charge in [0.2, 0.25) is 0 Å². The van der Waals surface area contributed by atoms with Crippen LogP contribution in [0, 0.1) is 10.1 Å². The summed E-state index contributed by atoms with van der Waals surface area (Å²) in [5.74, 6) is -0.218. The van der Waals surface area contributed by atoms with Crippen LogP contribution >= 0.6 is 11.6 Å². The van der Waals surface area contributed by atoms with Gasteiger partial charge in [-0.3, -0.25) is 10.1 Å². The summed E-state index contributed by atoms with van der Waals surface area (Å²) in [6.45, 7) is 0. The highest BCUT2D eigenvalue weighted by molar-refractivity contribution is 6.31. The largest absolute Gasteiger partial charge is 0.496 e. The molecule has 1 unspecified atom stereocenters. The van der Waals surface area contributed by atoms with E-state index >= 15 is 0 Å². The van der Waals surface area contributed by atoms with Crippen LogP contribution in [-0.2, 0) is 4.74 Å². The molecule has 0 aliphatic rings. The van der Waals surface area contributed by atoms with Gasteiger partial charge >= 0.3 is 5.97 Å². The predicted octanol–water partition coefficient (Wildman–Crippen LogP) is 7.31. The van der Waals surface area contributed by atoms with Gasteiger partial charge in [-0.1, -0.05) is 35.9 Å². The van der Waals surface area contributed by atoms with Crippen LogP contribution in [0.2, 0.25) is 5.02 Å². The standard InChI is InChI=1S/C30H24ClN3O5/c1-38-29-14-19(30(35)39-2)8-12-24(29)23(26-17-32-27-13-11-22(34(36)37)16-25(26)27)5-3-4-21-10-7-18-6-9-20(31)15-28(18)33-21/h3-4,6-17,23,32H,5H2,1-2H3/b4-3+. The summed E-state index contributed by atoms with van der Waals surface area (Å²) in [5.41, 5.74) is 4.39. The number of nitrogens with zero attached hydrogens (tertiary/aromatic N) is 2. The van der Waals surface area contributed by atoms with E-state index in [0.29, 0.717) is 22.8 Å². The zero-order valence-electron chi connectivity index (χ0n) is 21.2. The number of fused-ring (bicyclic) bond motifs is 2. The first-order valence-electron chi connectivity index (χ1n) is 12.1. The molecule has 5 rings (SSSR count). The summed E-state index contributed by atoms with van der Waals surface area (Å²) in [6.07, 6.45) is 6.32. The second kappa shape index (κ2) is 11.0. The van der Waals surface area contributed by atoms with Gasteiger partial charge in [0.1, 0.15) is 5.75 Å². The summed E-state index contributed by atoms with van der Waals surface area (Å²) < 4.78 is 10.5. The highest BCUT2D eigenvalue weighted by atomic mass is 35.5. The van der Waals surface area contributed by atoms with Gasteiger partial charge in [0.05, 0.1) is 35.9 Å². The quantitative estimate of drug-likeness (QED) is 0.125. The summed E-state index contributed by atoms with van der Waals surface area (Å²) in [6, 6.07) is 19.4. The summed E-state index contributed by atoms with van der Waals surface area (Å²) >= 11 is 6.14. The third-order valence-corrected chi connectivity index (χ3v) is 6.88. The fraction of sp³-hybridized carbons (Fsp3) is 0.133. The average Bonchev–Trinajstić information content (AvgIpc) is 3.37. The lowest BCUT2D eigenvalue weighted by atomic mass is 9.86. The van der Waals surface area contributed by atoms with Gasteiger partial charge in [-0.25, -0.2) is 9.78 Å². The third kappa shape index (κ3) is 5.32. The van der Waals surface area contributed by atoms with Crippen LogP contribution < -0.4 is 4.74 Å². The van der Waals surface area contributed by atoms with Crippen molar-refractivity contribution in [2.45, 2.75) is 12.3 Å². The van der Waals surface area contributed by atoms with Crippen molar-refractivity contribution in [3.8, 4) is 5.75 Å². The molecule has 0 radical (unpaired) electrons. The molecule has 0 aliphatic heterocycles. The monoisotopic (exact) mass is 541 g/mol. The molecule has 2 aromatic heterocycles. The van der Waals surface area contributed by atoms with Crippen LogP contribution in [0.25, 0.3) is 27.9 Å². The van der Waals surface area contributed by atoms with E-state index in [-0.39, 0.29) is 11.6 Å². The van der Waals surface area contributed by atoms with Crippen LogP contribution in [0.5, 0.6) is 5.75 Å². The van der Waals surface area contributed by atoms with Crippen LogP contribution in [0.4, 0.5) is 5.69 Å². The number of nitro benzene ring substituents is 1. The van der Waals surface area contributed by atoms with Gasteiger partial charge in [-0.05, 0) is 54.5 Å². The molecule has 5 aromatic rings. The van der Waals surface area contributed by atoms with Gasteiger partial charge < -0.3 is 14.5 Å². The van der Waals surface area contributed by atoms with E-state index in [1.54, 1.807) is 24.3 Å². The van der Waals surface area contributed by atoms with Gasteiger partial charge in [0.25, 0.3) is 5.69 Å². The molecule has 3 aromatic carbocycles. The van der Waals surface area contributed by atoms with Crippen LogP contribution in [0.1, 0.15) is 39.5 Å². The highest BCUT2D eigenvalue weighted by Crippen LogP contribution is 2.39. The number of nitrogens with one attached hydrogen (secondary N) is 1. The normalized spacial score (nSPS) is 12.2. The SMILES string of the molecule is COC(=O)c1ccc(C(C/C=C/c2ccc3ccc(Cl)cc3n2)c2c[nH]c3ccc([N+](=O)[O-])cc23)c(OC)c1. The first-order chi connectivity index (χ1) is 18.9. The first kappa shape index (κ1) is 25.9. The number of rotatable bonds is 8. The number of hydrogen-bond acceptors (Lipinski definition) is 6. The zero-order chi connectivity index (χ0) is 27.5. The van der Waals surface area contributed by atoms with Crippen LogP contribution in [0.15, 0.2) is 79.0 Å². The van der Waals surface area contributed by atoms with Crippen molar-refractivity contribution < 1.29 is 19.2 Å². The number of nitro groups is 1. The number of carbonyl (C=O) groups excluding carboxylic acids is 1. The van der Waals surface area contributed by atoms with E-state index in [0.717, 1.165) is 38.6 Å². The molecular weight excluding hydrogens is 518 g/mol. The first-order valence-corrected chi connectivity index (χ1v) is 12.5. The van der Waals surface area contributed by atoms with Crippen LogP contribution in [0.3, 0.4) is 0 Å². The second-order valence-corrected chi connectivity index (χ2v) is 9.38. The molecule has 1 N–H and O–H groups in total. The fourth-order valence-corrected chi connectivity index (χ4v) is 4.89. The van der Waals surface area contributed by atoms with Crippen molar-refractivity contribution in [1.82, 2.24) is 9.97 Å². The molecule has 0 fully saturated rings. The Hall–Kier alpha value is -4.69. The number of aromatic amines is 1. The Morgan fingerprint density at radius 3 is 2.67 bits per heavy atom. The van der Waals surface area contributed by atoms with Crippen molar-refractivity contribution in [3.05, 3.63) is 117 Å². The molecule has 0 spiro atoms. The topological polar surface area (TPSA) is 107 Å². The number of pyridine rings is 1. The highest BCUT2D eigenvalue weighted by Gasteiger charge is 2.23. The minimum atomic E-state index is -0.471. The predicted molar refractivity (Wildman–Crippen MR) is 152 cm³/mol. The number of H-pyrrole nitrogens is 1. The molecule has 0 saturated carbocycles. The molecule has 196 valence electrons. The number of carbonyl (C=O) groups is 1. The van der Waals surface area contributed by atoms with E-state index in [1.807, 2.05) is 54.7 Å². The lowest BCUT2D eigenvalue weighted by Gasteiger charge is -2.19. The number of allylic oxidation sites excluding steroid dienone is 1. The maximum Gasteiger partial charge on any atom is 0.337 e. The average molecular weight is 542 g/mol. The smallest absolute Gasteiger partial charge is 0.337 e. The van der Waals surface area contributed by atoms with Gasteiger partial charge in [-0.2, -0.15) is 0 Å². The van der Waals surface area contributed by atoms with E-state index < -0.39 is 10.9 Å². The molecular formula is C30H24ClN3O5. The van der Waals surface area contributed by atoms with Crippen molar-refractivity contribution in [2.24, 2.45) is 0 Å². The van der Waals surface area contributed by atoms with Gasteiger partial charge in [0.15, 0.2) is 0 Å². The molecule has 9 heteroatoms. The lowest BCUT2D eigenvalue weighted by Crippen LogP contribution is -2.06. The maximum atomic E-state index is 12.1. The Labute approximate surface area is 229 Å². The molecule has 8 nitrogen and oxygen atoms in total. The number of benzene rings is 3. The summed E-state index contributed by atoms with van der Waals surface area (Å²) in [5, 5.41) is 13.8. The molecule has 0 bridgehead atoms. The maximum absolute atomic E-state index is 12.1. The van der Waals surface area contributed by atoms with Crippen LogP contribution in [-0.4, -0.2) is 35.1 Å². The number of hydrogen-bond donors (Lipinski definition) is 1. The number of non-ortho nitro benzene ring substituents is 1. The molecule has 39 heavy (non-hydrogen) atoms. The van der Waals surface area contributed by atoms with Gasteiger partial charge in [0, 0.05) is 51.1 Å². The summed E-state index contributed by atoms with van der Waals surface area (Å²) in [4.78, 5) is 31.1. The Bertz CT molecular complexity index is 1740. The van der Waals surface area contributed by atoms with E-state index in [1.165, 1.54) is 20.3 Å². The Balaban J connectivity index is 1.58. The third-order valence-electron chi connectivity index (χ3n) is 6.65.